The van der Waals surface area contributed by atoms with E-state index in [1.54, 1.807) is 12.3 Å². The molecule has 1 aromatic heterocycles. The summed E-state index contributed by atoms with van der Waals surface area (Å²) >= 11 is 10.3. The Labute approximate surface area is 159 Å². The quantitative estimate of drug-likeness (QED) is 0.446. The fourth-order valence-corrected chi connectivity index (χ4v) is 3.04. The second kappa shape index (κ2) is 8.52. The topological polar surface area (TPSA) is 109 Å². The van der Waals surface area contributed by atoms with Crippen molar-refractivity contribution in [2.75, 3.05) is 6.61 Å². The Morgan fingerprint density at radius 3 is 2.27 bits per heavy atom. The van der Waals surface area contributed by atoms with Gasteiger partial charge in [-0.1, -0.05) is 12.2 Å². The third kappa shape index (κ3) is 4.96. The number of rotatable bonds is 5. The zero-order valence-electron chi connectivity index (χ0n) is 14.3. The van der Waals surface area contributed by atoms with Gasteiger partial charge in [-0.2, -0.15) is 0 Å². The predicted molar refractivity (Wildman–Crippen MR) is 92.1 cm³/mol. The van der Waals surface area contributed by atoms with Gasteiger partial charge in [0.2, 0.25) is 0 Å². The fourth-order valence-electron chi connectivity index (χ4n) is 2.54. The Balaban J connectivity index is 2.41. The van der Waals surface area contributed by atoms with Crippen LogP contribution in [0.2, 0.25) is 0 Å². The zero-order chi connectivity index (χ0) is 19.4. The summed E-state index contributed by atoms with van der Waals surface area (Å²) < 4.78 is 23.6. The minimum Gasteiger partial charge on any atom is -0.463 e. The minimum atomic E-state index is -0.993. The van der Waals surface area contributed by atoms with Crippen LogP contribution < -0.4 is 0 Å². The first-order valence-corrected chi connectivity index (χ1v) is 8.45. The lowest BCUT2D eigenvalue weighted by molar-refractivity contribution is -0.166. The molecule has 0 spiro atoms. The summed E-state index contributed by atoms with van der Waals surface area (Å²) in [4.78, 5) is 37.0. The van der Waals surface area contributed by atoms with Gasteiger partial charge in [-0.15, -0.1) is 0 Å². The first kappa shape index (κ1) is 20.2. The van der Waals surface area contributed by atoms with Crippen molar-refractivity contribution in [3.63, 3.8) is 0 Å². The van der Waals surface area contributed by atoms with E-state index in [9.17, 15) is 14.4 Å². The number of carbonyl (C=O) groups excluding carboxylic acids is 3. The number of nitrogens with one attached hydrogen (secondary N) is 1. The summed E-state index contributed by atoms with van der Waals surface area (Å²) in [5, 5.41) is 0. The lowest BCUT2D eigenvalue weighted by Gasteiger charge is -2.24. The lowest BCUT2D eigenvalue weighted by Crippen LogP contribution is -2.40. The maximum atomic E-state index is 11.6. The predicted octanol–water partition coefficient (Wildman–Crippen LogP) is 1.60. The van der Waals surface area contributed by atoms with Gasteiger partial charge in [0, 0.05) is 27.0 Å². The summed E-state index contributed by atoms with van der Waals surface area (Å²) in [6, 6.07) is 1.58. The summed E-state index contributed by atoms with van der Waals surface area (Å²) in [6.07, 6.45) is -2.15. The van der Waals surface area contributed by atoms with Gasteiger partial charge in [0.1, 0.15) is 17.4 Å². The Morgan fingerprint density at radius 2 is 1.73 bits per heavy atom. The second-order valence-corrected chi connectivity index (χ2v) is 6.36. The average molecular weight is 402 g/mol. The number of ether oxygens (including phenoxy) is 4. The van der Waals surface area contributed by atoms with Gasteiger partial charge in [-0.3, -0.25) is 19.0 Å². The van der Waals surface area contributed by atoms with E-state index in [4.69, 9.17) is 43.4 Å². The number of carbonyl (C=O) groups is 3. The molecule has 1 aliphatic heterocycles. The fraction of sp³-hybridized carbons (Fsp3) is 0.533. The first-order valence-electron chi connectivity index (χ1n) is 7.63. The number of aromatic amines is 1. The highest BCUT2D eigenvalue weighted by Gasteiger charge is 2.50. The van der Waals surface area contributed by atoms with Crippen molar-refractivity contribution in [3.05, 3.63) is 21.7 Å². The maximum absolute atomic E-state index is 11.6. The van der Waals surface area contributed by atoms with Gasteiger partial charge in [-0.25, -0.2) is 0 Å². The van der Waals surface area contributed by atoms with Crippen molar-refractivity contribution < 1.29 is 33.3 Å². The molecule has 1 fully saturated rings. The monoisotopic (exact) mass is 402 g/mol. The van der Waals surface area contributed by atoms with E-state index in [-0.39, 0.29) is 11.4 Å². The van der Waals surface area contributed by atoms with E-state index in [1.807, 2.05) is 0 Å². The lowest BCUT2D eigenvalue weighted by atomic mass is 10.1. The molecular weight excluding hydrogens is 384 g/mol. The van der Waals surface area contributed by atoms with Crippen molar-refractivity contribution in [3.8, 4) is 0 Å². The van der Waals surface area contributed by atoms with Crippen LogP contribution in [0.5, 0.6) is 0 Å². The minimum absolute atomic E-state index is 0.183. The highest BCUT2D eigenvalue weighted by molar-refractivity contribution is 7.72. The van der Waals surface area contributed by atoms with E-state index in [1.165, 1.54) is 25.3 Å². The Bertz CT molecular complexity index is 819. The summed E-state index contributed by atoms with van der Waals surface area (Å²) in [7, 11) is 0. The van der Waals surface area contributed by atoms with Crippen LogP contribution in [0.25, 0.3) is 0 Å². The van der Waals surface area contributed by atoms with Crippen LogP contribution in [0.1, 0.15) is 27.0 Å². The number of aromatic nitrogens is 2. The molecule has 26 heavy (non-hydrogen) atoms. The number of nitrogens with zero attached hydrogens (tertiary/aromatic N) is 1. The number of H-pyrrole nitrogens is 1. The molecule has 11 heteroatoms. The molecule has 0 saturated carbocycles. The molecule has 1 saturated heterocycles. The summed E-state index contributed by atoms with van der Waals surface area (Å²) in [6.45, 7) is 3.49. The van der Waals surface area contributed by atoms with Crippen molar-refractivity contribution >= 4 is 42.3 Å². The highest BCUT2D eigenvalue weighted by atomic mass is 32.1. The maximum Gasteiger partial charge on any atom is 0.303 e. The van der Waals surface area contributed by atoms with Gasteiger partial charge < -0.3 is 23.9 Å². The molecule has 0 unspecified atom stereocenters. The molecule has 0 amide bonds. The molecule has 142 valence electrons. The van der Waals surface area contributed by atoms with Gasteiger partial charge >= 0.3 is 17.9 Å². The van der Waals surface area contributed by atoms with Gasteiger partial charge in [0.05, 0.1) is 0 Å². The van der Waals surface area contributed by atoms with E-state index in [0.717, 1.165) is 0 Å². The molecule has 9 nitrogen and oxygen atoms in total. The molecule has 1 N–H and O–H groups in total. The van der Waals surface area contributed by atoms with Crippen LogP contribution in [-0.4, -0.2) is 52.4 Å². The number of hydrogen-bond donors (Lipinski definition) is 1. The van der Waals surface area contributed by atoms with Crippen molar-refractivity contribution in [2.24, 2.45) is 0 Å². The first-order chi connectivity index (χ1) is 12.2. The molecule has 2 heterocycles. The Hall–Kier alpha value is -2.11. The average Bonchev–Trinajstić information content (AvgIpc) is 2.82. The molecule has 1 aromatic rings. The van der Waals surface area contributed by atoms with Crippen LogP contribution in [0.4, 0.5) is 0 Å². The Kier molecular flexibility index (Phi) is 6.62. The van der Waals surface area contributed by atoms with Crippen LogP contribution >= 0.6 is 24.4 Å². The highest BCUT2D eigenvalue weighted by Crippen LogP contribution is 2.34. The third-order valence-electron chi connectivity index (χ3n) is 3.47. The van der Waals surface area contributed by atoms with Crippen molar-refractivity contribution in [2.45, 2.75) is 45.3 Å². The Morgan fingerprint density at radius 1 is 1.12 bits per heavy atom. The molecule has 0 radical (unpaired) electrons. The molecule has 0 aromatic carbocycles. The summed E-state index contributed by atoms with van der Waals surface area (Å²) in [5.41, 5.74) is 0. The second-order valence-electron chi connectivity index (χ2n) is 5.53. The van der Waals surface area contributed by atoms with Crippen LogP contribution in [0.15, 0.2) is 12.3 Å². The van der Waals surface area contributed by atoms with Gasteiger partial charge in [0.15, 0.2) is 23.2 Å². The van der Waals surface area contributed by atoms with E-state index < -0.39 is 42.4 Å². The SMILES string of the molecule is CC(=O)OC[C@H]1O[C@@H](n2ccc(=S)[nH]c2=S)[C@H](OC(C)=O)[C@@H]1OC(C)=O. The molecule has 1 aliphatic rings. The molecule has 0 bridgehead atoms. The van der Waals surface area contributed by atoms with E-state index in [2.05, 4.69) is 4.98 Å². The van der Waals surface area contributed by atoms with Gasteiger partial charge in [-0.05, 0) is 18.3 Å². The van der Waals surface area contributed by atoms with E-state index in [0.29, 0.717) is 4.64 Å². The molecular formula is C15H18N2O7S2. The van der Waals surface area contributed by atoms with Crippen LogP contribution in [0, 0.1) is 9.41 Å². The van der Waals surface area contributed by atoms with Crippen molar-refractivity contribution in [1.29, 1.82) is 0 Å². The van der Waals surface area contributed by atoms with Gasteiger partial charge in [0.25, 0.3) is 0 Å². The van der Waals surface area contributed by atoms with E-state index >= 15 is 0 Å². The third-order valence-corrected chi connectivity index (χ3v) is 4.02. The van der Waals surface area contributed by atoms with Crippen molar-refractivity contribution in [1.82, 2.24) is 9.55 Å². The molecule has 4 atom stereocenters. The van der Waals surface area contributed by atoms with Crippen LogP contribution in [0.3, 0.4) is 0 Å². The zero-order valence-corrected chi connectivity index (χ0v) is 15.9. The molecule has 2 rings (SSSR count). The summed E-state index contributed by atoms with van der Waals surface area (Å²) in [5.74, 6) is -1.72. The van der Waals surface area contributed by atoms with Crippen LogP contribution in [-0.2, 0) is 33.3 Å². The normalized spacial score (nSPS) is 24.7. The standard InChI is InChI=1S/C15H18N2O7S2/c1-7(18)21-6-10-12(22-8(2)19)13(23-9(3)20)14(24-10)17-5-4-11(25)16-15(17)26/h4-5,10,12-14H,6H2,1-3H3,(H,16,25,26)/t10-,12-,13-,14-/m1/s1. The largest absolute Gasteiger partial charge is 0.463 e. The molecule has 0 aliphatic carbocycles. The number of esters is 3. The smallest absolute Gasteiger partial charge is 0.303 e. The number of hydrogen-bond acceptors (Lipinski definition) is 9.